The summed E-state index contributed by atoms with van der Waals surface area (Å²) in [7, 11) is 0. The van der Waals surface area contributed by atoms with E-state index in [9.17, 15) is 9.18 Å². The fourth-order valence-electron chi connectivity index (χ4n) is 2.33. The summed E-state index contributed by atoms with van der Waals surface area (Å²) in [6.07, 6.45) is 3.00. The van der Waals surface area contributed by atoms with Gasteiger partial charge in [0.2, 0.25) is 5.91 Å². The predicted octanol–water partition coefficient (Wildman–Crippen LogP) is 5.06. The molecule has 0 aliphatic rings. The summed E-state index contributed by atoms with van der Waals surface area (Å²) in [5.74, 6) is -0.718. The summed E-state index contributed by atoms with van der Waals surface area (Å²) in [4.78, 5) is 12.0. The normalized spacial score (nSPS) is 11.0. The Morgan fingerprint density at radius 3 is 2.36 bits per heavy atom. The highest BCUT2D eigenvalue weighted by Crippen LogP contribution is 2.22. The maximum atomic E-state index is 13.1. The SMILES string of the molecule is Cc1cc(C)c(NC(=O)/C=C/c2ccc(F)c(Cl)c2)c(C)c1. The van der Waals surface area contributed by atoms with Crippen molar-refractivity contribution in [1.29, 1.82) is 0 Å². The van der Waals surface area contributed by atoms with Gasteiger partial charge in [-0.3, -0.25) is 4.79 Å². The van der Waals surface area contributed by atoms with E-state index >= 15 is 0 Å². The van der Waals surface area contributed by atoms with Gasteiger partial charge in [-0.05, 0) is 55.7 Å². The molecule has 2 nitrogen and oxygen atoms in total. The van der Waals surface area contributed by atoms with Crippen molar-refractivity contribution in [2.24, 2.45) is 0 Å². The van der Waals surface area contributed by atoms with Crippen molar-refractivity contribution in [3.8, 4) is 0 Å². The van der Waals surface area contributed by atoms with Crippen LogP contribution < -0.4 is 5.32 Å². The summed E-state index contributed by atoms with van der Waals surface area (Å²) < 4.78 is 13.1. The summed E-state index contributed by atoms with van der Waals surface area (Å²) in [5.41, 5.74) is 4.67. The highest BCUT2D eigenvalue weighted by molar-refractivity contribution is 6.30. The first-order valence-corrected chi connectivity index (χ1v) is 7.26. The molecule has 114 valence electrons. The molecule has 0 aliphatic heterocycles. The molecule has 0 fully saturated rings. The Morgan fingerprint density at radius 2 is 1.77 bits per heavy atom. The molecule has 22 heavy (non-hydrogen) atoms. The van der Waals surface area contributed by atoms with Crippen LogP contribution in [-0.4, -0.2) is 5.91 Å². The summed E-state index contributed by atoms with van der Waals surface area (Å²) in [6.45, 7) is 5.93. The highest BCUT2D eigenvalue weighted by atomic mass is 35.5. The molecule has 0 atom stereocenters. The van der Waals surface area contributed by atoms with Crippen LogP contribution in [-0.2, 0) is 4.79 Å². The molecule has 0 radical (unpaired) electrons. The molecule has 1 N–H and O–H groups in total. The zero-order valence-electron chi connectivity index (χ0n) is 12.7. The van der Waals surface area contributed by atoms with Crippen molar-refractivity contribution in [2.45, 2.75) is 20.8 Å². The summed E-state index contributed by atoms with van der Waals surface area (Å²) >= 11 is 5.71. The molecule has 0 saturated heterocycles. The first kappa shape index (κ1) is 16.2. The van der Waals surface area contributed by atoms with E-state index in [1.165, 1.54) is 18.2 Å². The molecule has 2 aromatic rings. The van der Waals surface area contributed by atoms with Gasteiger partial charge in [-0.25, -0.2) is 4.39 Å². The highest BCUT2D eigenvalue weighted by Gasteiger charge is 2.06. The zero-order chi connectivity index (χ0) is 16.3. The second-order valence-corrected chi connectivity index (χ2v) is 5.68. The van der Waals surface area contributed by atoms with Crippen molar-refractivity contribution in [3.05, 3.63) is 69.5 Å². The smallest absolute Gasteiger partial charge is 0.248 e. The third-order valence-corrected chi connectivity index (χ3v) is 3.59. The van der Waals surface area contributed by atoms with Crippen LogP contribution in [0.3, 0.4) is 0 Å². The van der Waals surface area contributed by atoms with E-state index in [1.54, 1.807) is 12.1 Å². The van der Waals surface area contributed by atoms with Crippen LogP contribution in [0.5, 0.6) is 0 Å². The number of carbonyl (C=O) groups is 1. The molecule has 0 bridgehead atoms. The van der Waals surface area contributed by atoms with Gasteiger partial charge in [-0.15, -0.1) is 0 Å². The van der Waals surface area contributed by atoms with Crippen molar-refractivity contribution in [2.75, 3.05) is 5.32 Å². The Kier molecular flexibility index (Phi) is 4.99. The Balaban J connectivity index is 2.13. The minimum Gasteiger partial charge on any atom is -0.322 e. The number of halogens is 2. The van der Waals surface area contributed by atoms with E-state index in [-0.39, 0.29) is 10.9 Å². The number of aryl methyl sites for hydroxylation is 3. The number of rotatable bonds is 3. The van der Waals surface area contributed by atoms with E-state index in [2.05, 4.69) is 5.32 Å². The van der Waals surface area contributed by atoms with Gasteiger partial charge >= 0.3 is 0 Å². The van der Waals surface area contributed by atoms with Crippen LogP contribution in [0.4, 0.5) is 10.1 Å². The second-order valence-electron chi connectivity index (χ2n) is 5.27. The average Bonchev–Trinajstić information content (AvgIpc) is 2.44. The number of amides is 1. The fraction of sp³-hybridized carbons (Fsp3) is 0.167. The van der Waals surface area contributed by atoms with Crippen molar-refractivity contribution >= 4 is 29.3 Å². The molecule has 0 aromatic heterocycles. The molecular formula is C18H17ClFNO. The minimum absolute atomic E-state index is 0.0350. The number of nitrogens with one attached hydrogen (secondary N) is 1. The largest absolute Gasteiger partial charge is 0.322 e. The number of benzene rings is 2. The van der Waals surface area contributed by atoms with E-state index in [1.807, 2.05) is 32.9 Å². The first-order valence-electron chi connectivity index (χ1n) is 6.89. The molecule has 0 saturated carbocycles. The lowest BCUT2D eigenvalue weighted by Crippen LogP contribution is -2.10. The molecule has 0 aliphatic carbocycles. The third-order valence-electron chi connectivity index (χ3n) is 3.30. The Labute approximate surface area is 134 Å². The summed E-state index contributed by atoms with van der Waals surface area (Å²) in [6, 6.07) is 8.35. The Hall–Kier alpha value is -2.13. The molecule has 0 unspecified atom stereocenters. The molecular weight excluding hydrogens is 301 g/mol. The lowest BCUT2D eigenvalue weighted by Gasteiger charge is -2.11. The van der Waals surface area contributed by atoms with Crippen molar-refractivity contribution in [1.82, 2.24) is 0 Å². The number of anilines is 1. The van der Waals surface area contributed by atoms with Crippen molar-refractivity contribution in [3.63, 3.8) is 0 Å². The van der Waals surface area contributed by atoms with Gasteiger partial charge in [0.05, 0.1) is 5.02 Å². The maximum absolute atomic E-state index is 13.1. The van der Waals surface area contributed by atoms with Gasteiger partial charge in [0.25, 0.3) is 0 Å². The number of hydrogen-bond acceptors (Lipinski definition) is 1. The van der Waals surface area contributed by atoms with Crippen LogP contribution >= 0.6 is 11.6 Å². The monoisotopic (exact) mass is 317 g/mol. The first-order chi connectivity index (χ1) is 10.4. The van der Waals surface area contributed by atoms with Gasteiger partial charge in [-0.2, -0.15) is 0 Å². The Morgan fingerprint density at radius 1 is 1.14 bits per heavy atom. The van der Waals surface area contributed by atoms with Gasteiger partial charge in [0, 0.05) is 11.8 Å². The molecule has 0 heterocycles. The summed E-state index contributed by atoms with van der Waals surface area (Å²) in [5, 5.41) is 2.90. The van der Waals surface area contributed by atoms with E-state index in [0.29, 0.717) is 5.56 Å². The zero-order valence-corrected chi connectivity index (χ0v) is 13.5. The van der Waals surface area contributed by atoms with Crippen molar-refractivity contribution < 1.29 is 9.18 Å². The van der Waals surface area contributed by atoms with Crippen LogP contribution in [0.15, 0.2) is 36.4 Å². The average molecular weight is 318 g/mol. The molecule has 4 heteroatoms. The predicted molar refractivity (Wildman–Crippen MR) is 89.7 cm³/mol. The van der Waals surface area contributed by atoms with E-state index < -0.39 is 5.82 Å². The number of hydrogen-bond donors (Lipinski definition) is 1. The third kappa shape index (κ3) is 3.95. The number of carbonyl (C=O) groups excluding carboxylic acids is 1. The van der Waals surface area contributed by atoms with Gasteiger partial charge in [0.1, 0.15) is 5.82 Å². The van der Waals surface area contributed by atoms with Gasteiger partial charge < -0.3 is 5.32 Å². The molecule has 0 spiro atoms. The molecule has 2 rings (SSSR count). The van der Waals surface area contributed by atoms with Crippen LogP contribution in [0.25, 0.3) is 6.08 Å². The quantitative estimate of drug-likeness (QED) is 0.788. The van der Waals surface area contributed by atoms with Crippen LogP contribution in [0, 0.1) is 26.6 Å². The lowest BCUT2D eigenvalue weighted by atomic mass is 10.1. The van der Waals surface area contributed by atoms with Crippen LogP contribution in [0.2, 0.25) is 5.02 Å². The Bertz CT molecular complexity index is 730. The fourth-order valence-corrected chi connectivity index (χ4v) is 2.52. The van der Waals surface area contributed by atoms with E-state index in [4.69, 9.17) is 11.6 Å². The van der Waals surface area contributed by atoms with E-state index in [0.717, 1.165) is 22.4 Å². The molecule has 2 aromatic carbocycles. The topological polar surface area (TPSA) is 29.1 Å². The maximum Gasteiger partial charge on any atom is 0.248 e. The van der Waals surface area contributed by atoms with Gasteiger partial charge in [-0.1, -0.05) is 35.4 Å². The second kappa shape index (κ2) is 6.75. The van der Waals surface area contributed by atoms with Gasteiger partial charge in [0.15, 0.2) is 0 Å². The standard InChI is InChI=1S/C18H17ClFNO/c1-11-8-12(2)18(13(3)9-11)21-17(22)7-5-14-4-6-16(20)15(19)10-14/h4-10H,1-3H3,(H,21,22)/b7-5+. The minimum atomic E-state index is -0.478. The van der Waals surface area contributed by atoms with Crippen LogP contribution in [0.1, 0.15) is 22.3 Å². The molecule has 1 amide bonds. The lowest BCUT2D eigenvalue weighted by molar-refractivity contribution is -0.111.